The van der Waals surface area contributed by atoms with E-state index in [1.807, 2.05) is 107 Å². The van der Waals surface area contributed by atoms with E-state index in [0.717, 1.165) is 63.2 Å². The molecule has 6 nitrogen and oxygen atoms in total. The van der Waals surface area contributed by atoms with Crippen molar-refractivity contribution >= 4 is 45.6 Å². The van der Waals surface area contributed by atoms with E-state index in [9.17, 15) is 57.8 Å². The van der Waals surface area contributed by atoms with Gasteiger partial charge >= 0.3 is 38.9 Å². The molecule has 4 aromatic rings. The Labute approximate surface area is 509 Å². The molecule has 21 heteroatoms. The fraction of sp³-hybridized carbons (Fsp3) is 0.576. The summed E-state index contributed by atoms with van der Waals surface area (Å²) in [5.41, 5.74) is -3.06. The molecule has 0 radical (unpaired) electrons. The average Bonchev–Trinajstić information content (AvgIpc) is 1.04. The van der Waals surface area contributed by atoms with E-state index in [2.05, 4.69) is 32.0 Å². The molecule has 6 rings (SSSR count). The van der Waals surface area contributed by atoms with Gasteiger partial charge in [0.1, 0.15) is 0 Å². The van der Waals surface area contributed by atoms with Crippen LogP contribution in [-0.4, -0.2) is 86.0 Å². The number of hydrogen-bond acceptors (Lipinski definition) is 6. The normalized spacial score (nSPS) is 18.0. The number of alkyl halides is 12. The van der Waals surface area contributed by atoms with Gasteiger partial charge in [-0.05, 0) is 194 Å². The predicted molar refractivity (Wildman–Crippen MR) is 327 cm³/mol. The first kappa shape index (κ1) is 73.4. The van der Waals surface area contributed by atoms with Gasteiger partial charge in [-0.25, -0.2) is 0 Å². The van der Waals surface area contributed by atoms with Crippen LogP contribution in [0.5, 0.6) is 0 Å². The zero-order chi connectivity index (χ0) is 66.8. The van der Waals surface area contributed by atoms with E-state index in [0.29, 0.717) is 30.0 Å². The van der Waals surface area contributed by atoms with Crippen molar-refractivity contribution in [3.05, 3.63) is 141 Å². The van der Waals surface area contributed by atoms with Crippen LogP contribution in [0.1, 0.15) is 185 Å². The average molecular weight is 1260 g/mol. The lowest BCUT2D eigenvalue weighted by Gasteiger charge is -2.45. The number of halogens is 12. The fourth-order valence-corrected chi connectivity index (χ4v) is 12.4. The van der Waals surface area contributed by atoms with E-state index in [-0.39, 0.29) is 23.3 Å². The zero-order valence-corrected chi connectivity index (χ0v) is 55.2. The third kappa shape index (κ3) is 13.9. The van der Waals surface area contributed by atoms with Gasteiger partial charge in [-0.1, -0.05) is 145 Å². The molecule has 0 saturated carbocycles. The van der Waals surface area contributed by atoms with Crippen molar-refractivity contribution < 1.29 is 80.8 Å². The largest absolute Gasteiger partial charge is 0.495 e. The van der Waals surface area contributed by atoms with Crippen molar-refractivity contribution in [1.82, 2.24) is 0 Å². The standard InChI is InChI=1S/C36H51BF6O3Si.C30H37BF6O3/c1-14-33(15-2,28-18-19-29(25(4)23-28)37-44-31(8,9)32(10,11)45-37)27-17-16-26(24(3)22-27)20-21-34(35(38,39)40,36(41,42)43)46-47(12,13)30(5,6)7;1-9-27(10-2,23-13-14-24(20(4)18-23)31-39-25(5,6)26(7,8)40-31)22-12-11-21(19(3)17-22)15-16-28(38,29(32,33)34)30(35,36)37/h16-23H,14-15H2,1-13H3;11-18,38H,9-10H2,1-8H3/b21-20+;16-15+. The van der Waals surface area contributed by atoms with Gasteiger partial charge in [0.15, 0.2) is 8.32 Å². The summed E-state index contributed by atoms with van der Waals surface area (Å²) in [6.07, 6.45) is -19.0. The molecule has 87 heavy (non-hydrogen) atoms. The minimum atomic E-state index is -5.92. The Morgan fingerprint density at radius 3 is 0.966 bits per heavy atom. The Bertz CT molecular complexity index is 3080. The fourth-order valence-electron chi connectivity index (χ4n) is 11.0. The molecular formula is C66H88B2F12O6Si. The van der Waals surface area contributed by atoms with Crippen LogP contribution >= 0.6 is 0 Å². The lowest BCUT2D eigenvalue weighted by Crippen LogP contribution is -2.63. The molecule has 0 spiro atoms. The Kier molecular flexibility index (Phi) is 20.8. The van der Waals surface area contributed by atoms with Gasteiger partial charge in [0.05, 0.1) is 22.4 Å². The van der Waals surface area contributed by atoms with Gasteiger partial charge in [-0.3, -0.25) is 0 Å². The second kappa shape index (κ2) is 24.7. The van der Waals surface area contributed by atoms with Gasteiger partial charge in [0.25, 0.3) is 11.2 Å². The zero-order valence-electron chi connectivity index (χ0n) is 54.2. The number of rotatable bonds is 16. The van der Waals surface area contributed by atoms with Crippen LogP contribution in [0.2, 0.25) is 18.1 Å². The molecule has 2 saturated heterocycles. The maximum Gasteiger partial charge on any atom is 0.495 e. The SMILES string of the molecule is CCC(CC)(c1ccc(/C=C/C(O)(C(F)(F)F)C(F)(F)F)c(C)c1)c1ccc(B2OC(C)(C)C(C)(C)O2)c(C)c1.CCC(CC)(c1ccc(/C=C/C(O[Si](C)(C)C(C)(C)C)(C(F)(F)F)C(F)(F)F)c(C)c1)c1ccc(B2OC(C)(C)C(C)(C)O2)c(C)c1. The van der Waals surface area contributed by atoms with Gasteiger partial charge in [0.2, 0.25) is 0 Å². The second-order valence-corrected chi connectivity index (χ2v) is 31.8. The highest BCUT2D eigenvalue weighted by atomic mass is 28.4. The summed E-state index contributed by atoms with van der Waals surface area (Å²) in [5, 5.41) is 8.59. The maximum atomic E-state index is 14.4. The summed E-state index contributed by atoms with van der Waals surface area (Å²) in [4.78, 5) is 0. The molecule has 2 aliphatic rings. The number of hydrogen-bond donors (Lipinski definition) is 1. The predicted octanol–water partition coefficient (Wildman–Crippen LogP) is 18.2. The lowest BCUT2D eigenvalue weighted by molar-refractivity contribution is -0.347. The Morgan fingerprint density at radius 2 is 0.724 bits per heavy atom. The van der Waals surface area contributed by atoms with Crippen LogP contribution in [0.25, 0.3) is 12.2 Å². The summed E-state index contributed by atoms with van der Waals surface area (Å²) in [5.74, 6) is 0. The topological polar surface area (TPSA) is 66.4 Å². The van der Waals surface area contributed by atoms with Crippen LogP contribution in [0, 0.1) is 27.7 Å². The van der Waals surface area contributed by atoms with E-state index >= 15 is 0 Å². The van der Waals surface area contributed by atoms with Crippen molar-refractivity contribution in [2.45, 2.75) is 245 Å². The third-order valence-corrected chi connectivity index (χ3v) is 24.1. The summed E-state index contributed by atoms with van der Waals surface area (Å²) in [6, 6.07) is 22.5. The van der Waals surface area contributed by atoms with E-state index < -0.39 is 96.7 Å². The molecule has 0 atom stereocenters. The Balaban J connectivity index is 0.000000321. The van der Waals surface area contributed by atoms with Crippen molar-refractivity contribution in [1.29, 1.82) is 0 Å². The highest BCUT2D eigenvalue weighted by Gasteiger charge is 2.73. The molecular weight excluding hydrogens is 1170 g/mol. The van der Waals surface area contributed by atoms with E-state index in [1.54, 1.807) is 58.9 Å². The summed E-state index contributed by atoms with van der Waals surface area (Å²) in [6.45, 7) is 39.1. The number of benzene rings is 4. The van der Waals surface area contributed by atoms with E-state index in [1.165, 1.54) is 19.2 Å². The van der Waals surface area contributed by atoms with Crippen molar-refractivity contribution in [2.75, 3.05) is 0 Å². The first-order valence-corrected chi connectivity index (χ1v) is 32.4. The highest BCUT2D eigenvalue weighted by molar-refractivity contribution is 6.74. The highest BCUT2D eigenvalue weighted by Crippen LogP contribution is 2.53. The molecule has 2 heterocycles. The van der Waals surface area contributed by atoms with Gasteiger partial charge in [0, 0.05) is 10.8 Å². The molecule has 0 amide bonds. The molecule has 0 unspecified atom stereocenters. The van der Waals surface area contributed by atoms with Crippen LogP contribution in [0.15, 0.2) is 84.9 Å². The van der Waals surface area contributed by atoms with Gasteiger partial charge in [-0.15, -0.1) is 0 Å². The molecule has 1 N–H and O–H groups in total. The van der Waals surface area contributed by atoms with Crippen molar-refractivity contribution in [3.63, 3.8) is 0 Å². The van der Waals surface area contributed by atoms with Crippen molar-refractivity contribution in [3.8, 4) is 0 Å². The third-order valence-electron chi connectivity index (χ3n) is 19.6. The van der Waals surface area contributed by atoms with Gasteiger partial charge in [-0.2, -0.15) is 52.7 Å². The molecule has 2 fully saturated rings. The molecule has 0 aliphatic carbocycles. The van der Waals surface area contributed by atoms with Crippen LogP contribution in [0.4, 0.5) is 52.7 Å². The molecule has 2 aliphatic heterocycles. The number of aliphatic hydroxyl groups is 1. The quantitative estimate of drug-likeness (QED) is 0.0891. The van der Waals surface area contributed by atoms with Crippen LogP contribution in [-0.2, 0) is 33.9 Å². The minimum Gasteiger partial charge on any atom is -0.399 e. The Hall–Kier alpha value is -4.37. The van der Waals surface area contributed by atoms with Crippen LogP contribution in [0.3, 0.4) is 0 Å². The molecule has 4 aromatic carbocycles. The first-order valence-electron chi connectivity index (χ1n) is 29.5. The van der Waals surface area contributed by atoms with E-state index in [4.69, 9.17) is 23.0 Å². The Morgan fingerprint density at radius 1 is 0.448 bits per heavy atom. The number of aryl methyl sites for hydroxylation is 4. The monoisotopic (exact) mass is 1250 g/mol. The summed E-state index contributed by atoms with van der Waals surface area (Å²) in [7, 11) is -4.56. The molecule has 0 aromatic heterocycles. The summed E-state index contributed by atoms with van der Waals surface area (Å²) >= 11 is 0. The second-order valence-electron chi connectivity index (χ2n) is 27.1. The van der Waals surface area contributed by atoms with Crippen LogP contribution < -0.4 is 10.9 Å². The van der Waals surface area contributed by atoms with Crippen molar-refractivity contribution in [2.24, 2.45) is 0 Å². The minimum absolute atomic E-state index is 0.143. The molecule has 0 bridgehead atoms. The first-order chi connectivity index (χ1) is 39.3. The summed E-state index contributed by atoms with van der Waals surface area (Å²) < 4.78 is 195. The smallest absolute Gasteiger partial charge is 0.399 e. The lowest BCUT2D eigenvalue weighted by atomic mass is 9.68. The van der Waals surface area contributed by atoms with Gasteiger partial charge < -0.3 is 28.1 Å². The maximum absolute atomic E-state index is 14.4. The molecule has 482 valence electrons.